The quantitative estimate of drug-likeness (QED) is 0.725. The van der Waals surface area contributed by atoms with Crippen LogP contribution < -0.4 is 4.74 Å². The molecule has 168 valence electrons. The van der Waals surface area contributed by atoms with Crippen molar-refractivity contribution in [2.45, 2.75) is 51.9 Å². The van der Waals surface area contributed by atoms with Crippen molar-refractivity contribution < 1.29 is 22.7 Å². The molecule has 2 saturated heterocycles. The first-order chi connectivity index (χ1) is 14.7. The Hall–Kier alpha value is -2.55. The number of aromatic nitrogens is 2. The van der Waals surface area contributed by atoms with Crippen LogP contribution in [0, 0.1) is 13.8 Å². The molecule has 6 nitrogen and oxygen atoms in total. The minimum absolute atomic E-state index is 0.0295. The molecule has 0 saturated carbocycles. The van der Waals surface area contributed by atoms with Crippen molar-refractivity contribution in [3.05, 3.63) is 41.2 Å². The highest BCUT2D eigenvalue weighted by molar-refractivity contribution is 5.96. The zero-order valence-corrected chi connectivity index (χ0v) is 17.8. The van der Waals surface area contributed by atoms with Gasteiger partial charge in [0.1, 0.15) is 5.75 Å². The minimum Gasteiger partial charge on any atom is -0.406 e. The van der Waals surface area contributed by atoms with Crippen LogP contribution >= 0.6 is 0 Å². The number of carbonyl (C=O) groups is 1. The highest BCUT2D eigenvalue weighted by Gasteiger charge is 2.32. The Balaban J connectivity index is 1.47. The predicted molar refractivity (Wildman–Crippen MR) is 109 cm³/mol. The van der Waals surface area contributed by atoms with Crippen LogP contribution in [0.25, 0.3) is 5.69 Å². The summed E-state index contributed by atoms with van der Waals surface area (Å²) in [6.45, 7) is 7.38. The summed E-state index contributed by atoms with van der Waals surface area (Å²) in [5.41, 5.74) is 2.42. The van der Waals surface area contributed by atoms with Gasteiger partial charge in [-0.1, -0.05) is 0 Å². The first kappa shape index (κ1) is 21.7. The third-order valence-electron chi connectivity index (χ3n) is 6.23. The zero-order chi connectivity index (χ0) is 22.2. The van der Waals surface area contributed by atoms with Gasteiger partial charge in [-0.25, -0.2) is 4.68 Å². The molecule has 1 aromatic carbocycles. The molecule has 2 aliphatic rings. The first-order valence-corrected chi connectivity index (χ1v) is 10.7. The highest BCUT2D eigenvalue weighted by Crippen LogP contribution is 2.27. The standard InChI is InChI=1S/C22H27F3N4O2/c1-15-20(21(30)28-13-9-17(10-14-28)27-11-3-4-12-27)16(2)29(26-15)18-5-7-19(8-6-18)31-22(23,24)25/h5-8,17H,3-4,9-14H2,1-2H3. The molecule has 1 amide bonds. The average Bonchev–Trinajstić information content (AvgIpc) is 3.35. The zero-order valence-electron chi connectivity index (χ0n) is 17.8. The Bertz CT molecular complexity index is 925. The number of aryl methyl sites for hydroxylation is 1. The molecular weight excluding hydrogens is 409 g/mol. The maximum absolute atomic E-state index is 13.2. The van der Waals surface area contributed by atoms with Gasteiger partial charge in [-0.2, -0.15) is 5.10 Å². The lowest BCUT2D eigenvalue weighted by Gasteiger charge is -2.36. The van der Waals surface area contributed by atoms with E-state index in [2.05, 4.69) is 14.7 Å². The second-order valence-corrected chi connectivity index (χ2v) is 8.27. The summed E-state index contributed by atoms with van der Waals surface area (Å²) in [4.78, 5) is 17.7. The lowest BCUT2D eigenvalue weighted by Crippen LogP contribution is -2.46. The van der Waals surface area contributed by atoms with E-state index in [1.54, 1.807) is 11.6 Å². The molecule has 2 aromatic rings. The van der Waals surface area contributed by atoms with E-state index < -0.39 is 6.36 Å². The van der Waals surface area contributed by atoms with Crippen LogP contribution in [0.1, 0.15) is 47.4 Å². The molecule has 0 unspecified atom stereocenters. The summed E-state index contributed by atoms with van der Waals surface area (Å²) < 4.78 is 42.6. The van der Waals surface area contributed by atoms with Crippen LogP contribution in [0.2, 0.25) is 0 Å². The topological polar surface area (TPSA) is 50.6 Å². The smallest absolute Gasteiger partial charge is 0.406 e. The number of likely N-dealkylation sites (tertiary alicyclic amines) is 2. The molecule has 0 spiro atoms. The summed E-state index contributed by atoms with van der Waals surface area (Å²) in [6.07, 6.45) is -0.237. The molecule has 0 bridgehead atoms. The molecule has 0 aliphatic carbocycles. The number of hydrogen-bond donors (Lipinski definition) is 0. The van der Waals surface area contributed by atoms with Gasteiger partial charge in [0.05, 0.1) is 22.6 Å². The molecule has 31 heavy (non-hydrogen) atoms. The molecule has 0 N–H and O–H groups in total. The summed E-state index contributed by atoms with van der Waals surface area (Å²) >= 11 is 0. The molecule has 3 heterocycles. The number of amides is 1. The van der Waals surface area contributed by atoms with E-state index in [1.807, 2.05) is 11.8 Å². The van der Waals surface area contributed by atoms with Gasteiger partial charge < -0.3 is 14.5 Å². The first-order valence-electron chi connectivity index (χ1n) is 10.7. The maximum atomic E-state index is 13.2. The Kier molecular flexibility index (Phi) is 5.96. The number of benzene rings is 1. The highest BCUT2D eigenvalue weighted by atomic mass is 19.4. The van der Waals surface area contributed by atoms with Crippen molar-refractivity contribution >= 4 is 5.91 Å². The van der Waals surface area contributed by atoms with E-state index in [9.17, 15) is 18.0 Å². The predicted octanol–water partition coefficient (Wildman–Crippen LogP) is 4.09. The Morgan fingerprint density at radius 2 is 1.65 bits per heavy atom. The molecule has 2 aliphatic heterocycles. The van der Waals surface area contributed by atoms with Crippen molar-refractivity contribution in [1.29, 1.82) is 0 Å². The van der Waals surface area contributed by atoms with E-state index >= 15 is 0 Å². The van der Waals surface area contributed by atoms with Gasteiger partial charge in [-0.3, -0.25) is 4.79 Å². The molecule has 0 atom stereocenters. The van der Waals surface area contributed by atoms with Crippen LogP contribution in [0.15, 0.2) is 24.3 Å². The van der Waals surface area contributed by atoms with Crippen molar-refractivity contribution in [2.75, 3.05) is 26.2 Å². The Morgan fingerprint density at radius 1 is 1.03 bits per heavy atom. The van der Waals surface area contributed by atoms with Gasteiger partial charge in [0, 0.05) is 19.1 Å². The second-order valence-electron chi connectivity index (χ2n) is 8.27. The van der Waals surface area contributed by atoms with E-state index in [-0.39, 0.29) is 11.7 Å². The van der Waals surface area contributed by atoms with Gasteiger partial charge in [0.15, 0.2) is 0 Å². The molecule has 4 rings (SSSR count). The maximum Gasteiger partial charge on any atom is 0.573 e. The lowest BCUT2D eigenvalue weighted by molar-refractivity contribution is -0.274. The number of ether oxygens (including phenoxy) is 1. The van der Waals surface area contributed by atoms with E-state index in [1.165, 1.54) is 37.1 Å². The van der Waals surface area contributed by atoms with Gasteiger partial charge in [-0.05, 0) is 76.9 Å². The monoisotopic (exact) mass is 436 g/mol. The third-order valence-corrected chi connectivity index (χ3v) is 6.23. The van der Waals surface area contributed by atoms with Crippen LogP contribution in [0.4, 0.5) is 13.2 Å². The number of piperidine rings is 1. The fourth-order valence-electron chi connectivity index (χ4n) is 4.69. The lowest BCUT2D eigenvalue weighted by atomic mass is 10.0. The number of hydrogen-bond acceptors (Lipinski definition) is 4. The van der Waals surface area contributed by atoms with E-state index in [0.29, 0.717) is 28.7 Å². The van der Waals surface area contributed by atoms with Crippen molar-refractivity contribution in [2.24, 2.45) is 0 Å². The van der Waals surface area contributed by atoms with E-state index in [4.69, 9.17) is 0 Å². The van der Waals surface area contributed by atoms with Gasteiger partial charge >= 0.3 is 6.36 Å². The third kappa shape index (κ3) is 4.71. The van der Waals surface area contributed by atoms with Crippen LogP contribution in [-0.4, -0.2) is 64.1 Å². The van der Waals surface area contributed by atoms with Gasteiger partial charge in [0.25, 0.3) is 5.91 Å². The van der Waals surface area contributed by atoms with Gasteiger partial charge in [0.2, 0.25) is 0 Å². The summed E-state index contributed by atoms with van der Waals surface area (Å²) in [7, 11) is 0. The fourth-order valence-corrected chi connectivity index (χ4v) is 4.69. The largest absolute Gasteiger partial charge is 0.573 e. The minimum atomic E-state index is -4.73. The Morgan fingerprint density at radius 3 is 2.23 bits per heavy atom. The van der Waals surface area contributed by atoms with Crippen LogP contribution in [0.5, 0.6) is 5.75 Å². The Labute approximate surface area is 179 Å². The van der Waals surface area contributed by atoms with Crippen molar-refractivity contribution in [3.8, 4) is 11.4 Å². The molecule has 1 aromatic heterocycles. The van der Waals surface area contributed by atoms with Crippen molar-refractivity contribution in [3.63, 3.8) is 0 Å². The number of rotatable bonds is 4. The molecule has 0 radical (unpaired) electrons. The normalized spacial score (nSPS) is 18.5. The second kappa shape index (κ2) is 8.53. The molecule has 9 heteroatoms. The summed E-state index contributed by atoms with van der Waals surface area (Å²) in [5.74, 6) is -0.326. The molecular formula is C22H27F3N4O2. The molecule has 2 fully saturated rings. The van der Waals surface area contributed by atoms with Crippen LogP contribution in [-0.2, 0) is 0 Å². The number of nitrogens with zero attached hydrogens (tertiary/aromatic N) is 4. The van der Waals surface area contributed by atoms with E-state index in [0.717, 1.165) is 39.0 Å². The van der Waals surface area contributed by atoms with Crippen LogP contribution in [0.3, 0.4) is 0 Å². The average molecular weight is 436 g/mol. The summed E-state index contributed by atoms with van der Waals surface area (Å²) in [6, 6.07) is 6.04. The number of alkyl halides is 3. The van der Waals surface area contributed by atoms with Gasteiger partial charge in [-0.15, -0.1) is 13.2 Å². The fraction of sp³-hybridized carbons (Fsp3) is 0.545. The van der Waals surface area contributed by atoms with Crippen molar-refractivity contribution in [1.82, 2.24) is 19.6 Å². The summed E-state index contributed by atoms with van der Waals surface area (Å²) in [5, 5.41) is 4.48. The number of carbonyl (C=O) groups excluding carboxylic acids is 1. The number of halogens is 3. The SMILES string of the molecule is Cc1nn(-c2ccc(OC(F)(F)F)cc2)c(C)c1C(=O)N1CCC(N2CCCC2)CC1.